The van der Waals surface area contributed by atoms with Crippen molar-refractivity contribution >= 4 is 56.7 Å². The predicted molar refractivity (Wildman–Crippen MR) is 220 cm³/mol. The van der Waals surface area contributed by atoms with Gasteiger partial charge in [-0.05, 0) is 78.7 Å². The Morgan fingerprint density at radius 2 is 1.08 bits per heavy atom. The van der Waals surface area contributed by atoms with Crippen LogP contribution in [0, 0.1) is 0 Å². The molecule has 0 radical (unpaired) electrons. The van der Waals surface area contributed by atoms with Crippen molar-refractivity contribution in [3.63, 3.8) is 0 Å². The molecular weight excluding hydrogens is 647 g/mol. The third kappa shape index (κ3) is 4.36. The Hall–Kier alpha value is -6.16. The number of rotatable bonds is 5. The molecule has 0 saturated carbocycles. The van der Waals surface area contributed by atoms with Crippen molar-refractivity contribution in [1.82, 2.24) is 0 Å². The van der Waals surface area contributed by atoms with Crippen LogP contribution in [0.1, 0.15) is 25.0 Å². The van der Waals surface area contributed by atoms with Crippen LogP contribution in [0.25, 0.3) is 21.9 Å². The smallest absolute Gasteiger partial charge is 0.188 e. The first kappa shape index (κ1) is 30.6. The first-order chi connectivity index (χ1) is 25.6. The second kappa shape index (κ2) is 11.7. The van der Waals surface area contributed by atoms with Crippen molar-refractivity contribution in [3.8, 4) is 22.6 Å². The largest absolute Gasteiger partial charge is 0.455 e. The quantitative estimate of drug-likeness (QED) is 0.168. The number of para-hydroxylation sites is 2. The van der Waals surface area contributed by atoms with Gasteiger partial charge in [0.05, 0.1) is 11.4 Å². The summed E-state index contributed by atoms with van der Waals surface area (Å²) < 4.78 is 7.22. The highest BCUT2D eigenvalue weighted by atomic mass is 28.3. The molecule has 1 aliphatic carbocycles. The zero-order valence-corrected chi connectivity index (χ0v) is 30.3. The molecule has 52 heavy (non-hydrogen) atoms. The summed E-state index contributed by atoms with van der Waals surface area (Å²) >= 11 is 0. The van der Waals surface area contributed by atoms with Crippen LogP contribution in [0.15, 0.2) is 188 Å². The second-order valence-corrected chi connectivity index (χ2v) is 18.2. The number of hydrogen-bond donors (Lipinski definition) is 0. The van der Waals surface area contributed by atoms with E-state index in [2.05, 4.69) is 207 Å². The van der Waals surface area contributed by atoms with Gasteiger partial charge < -0.3 is 9.64 Å². The van der Waals surface area contributed by atoms with Crippen molar-refractivity contribution in [3.05, 3.63) is 199 Å². The number of fused-ring (bicyclic) bond motifs is 6. The van der Waals surface area contributed by atoms with Crippen LogP contribution < -0.4 is 30.4 Å². The first-order valence-electron chi connectivity index (χ1n) is 18.1. The third-order valence-electron chi connectivity index (χ3n) is 11.4. The van der Waals surface area contributed by atoms with E-state index in [0.29, 0.717) is 0 Å². The molecular formula is C49H37NOSi. The van der Waals surface area contributed by atoms with Crippen LogP contribution in [0.3, 0.4) is 0 Å². The summed E-state index contributed by atoms with van der Waals surface area (Å²) in [5, 5.41) is 7.59. The minimum Gasteiger partial charge on any atom is -0.455 e. The molecule has 0 bridgehead atoms. The lowest BCUT2D eigenvalue weighted by molar-refractivity contribution is 0.488. The Morgan fingerprint density at radius 3 is 1.88 bits per heavy atom. The average molecular weight is 684 g/mol. The molecule has 0 unspecified atom stereocenters. The lowest BCUT2D eigenvalue weighted by Gasteiger charge is -2.41. The second-order valence-electron chi connectivity index (χ2n) is 14.5. The van der Waals surface area contributed by atoms with E-state index in [0.717, 1.165) is 28.6 Å². The van der Waals surface area contributed by atoms with Crippen LogP contribution >= 0.6 is 0 Å². The SMILES string of the molecule is CC1(C)c2ccccc2-c2ccc(N(c3cccc4c3Oc3ccccc3[Si]4(c3ccccc3)c3ccccc3)c3cccc4ccccc34)cc21. The van der Waals surface area contributed by atoms with E-state index in [1.54, 1.807) is 0 Å². The number of anilines is 3. The Balaban J connectivity index is 1.29. The van der Waals surface area contributed by atoms with Gasteiger partial charge in [0, 0.05) is 16.5 Å². The highest BCUT2D eigenvalue weighted by Gasteiger charge is 2.49. The maximum Gasteiger partial charge on any atom is 0.188 e. The zero-order valence-electron chi connectivity index (χ0n) is 29.3. The fourth-order valence-electron chi connectivity index (χ4n) is 9.03. The van der Waals surface area contributed by atoms with Gasteiger partial charge in [0.1, 0.15) is 5.75 Å². The van der Waals surface area contributed by atoms with Gasteiger partial charge in [-0.15, -0.1) is 0 Å². The Kier molecular flexibility index (Phi) is 6.89. The minimum atomic E-state index is -2.84. The maximum absolute atomic E-state index is 7.22. The summed E-state index contributed by atoms with van der Waals surface area (Å²) in [4.78, 5) is 2.45. The summed E-state index contributed by atoms with van der Waals surface area (Å²) in [6.45, 7) is 4.71. The highest BCUT2D eigenvalue weighted by molar-refractivity contribution is 7.20. The van der Waals surface area contributed by atoms with Crippen LogP contribution in [0.5, 0.6) is 11.5 Å². The molecule has 0 fully saturated rings. The molecule has 0 aromatic heterocycles. The number of ether oxygens (including phenoxy) is 1. The highest BCUT2D eigenvalue weighted by Crippen LogP contribution is 2.52. The molecule has 0 spiro atoms. The van der Waals surface area contributed by atoms with Gasteiger partial charge in [0.25, 0.3) is 0 Å². The van der Waals surface area contributed by atoms with Crippen molar-refractivity contribution in [1.29, 1.82) is 0 Å². The fourth-order valence-corrected chi connectivity index (χ4v) is 14.0. The lowest BCUT2D eigenvalue weighted by Crippen LogP contribution is -2.76. The number of hydrogen-bond acceptors (Lipinski definition) is 2. The number of benzene rings is 8. The zero-order chi connectivity index (χ0) is 34.9. The van der Waals surface area contributed by atoms with Crippen LogP contribution in [-0.4, -0.2) is 8.07 Å². The molecule has 0 amide bonds. The van der Waals surface area contributed by atoms with Crippen LogP contribution in [0.4, 0.5) is 17.1 Å². The Morgan fingerprint density at radius 1 is 0.481 bits per heavy atom. The molecule has 0 saturated heterocycles. The Bertz CT molecular complexity index is 2600. The number of nitrogens with zero attached hydrogens (tertiary/aromatic N) is 1. The van der Waals surface area contributed by atoms with E-state index >= 15 is 0 Å². The van der Waals surface area contributed by atoms with Gasteiger partial charge in [0.2, 0.25) is 0 Å². The molecule has 0 atom stereocenters. The van der Waals surface area contributed by atoms with E-state index in [1.165, 1.54) is 53.8 Å². The molecule has 8 aromatic rings. The van der Waals surface area contributed by atoms with E-state index in [-0.39, 0.29) is 5.41 Å². The van der Waals surface area contributed by atoms with Gasteiger partial charge in [-0.1, -0.05) is 172 Å². The monoisotopic (exact) mass is 683 g/mol. The molecule has 248 valence electrons. The van der Waals surface area contributed by atoms with E-state index in [4.69, 9.17) is 4.74 Å². The van der Waals surface area contributed by atoms with Crippen molar-refractivity contribution in [2.75, 3.05) is 4.90 Å². The van der Waals surface area contributed by atoms with Crippen molar-refractivity contribution in [2.24, 2.45) is 0 Å². The van der Waals surface area contributed by atoms with Gasteiger partial charge in [-0.25, -0.2) is 0 Å². The average Bonchev–Trinajstić information content (AvgIpc) is 3.43. The minimum absolute atomic E-state index is 0.138. The summed E-state index contributed by atoms with van der Waals surface area (Å²) in [6.07, 6.45) is 0. The Labute approximate surface area is 306 Å². The molecule has 10 rings (SSSR count). The van der Waals surface area contributed by atoms with E-state index in [1.807, 2.05) is 0 Å². The lowest BCUT2D eigenvalue weighted by atomic mass is 9.82. The van der Waals surface area contributed by atoms with Gasteiger partial charge in [-0.3, -0.25) is 0 Å². The molecule has 8 aromatic carbocycles. The van der Waals surface area contributed by atoms with Gasteiger partial charge >= 0.3 is 0 Å². The predicted octanol–water partition coefficient (Wildman–Crippen LogP) is 10.1. The third-order valence-corrected chi connectivity index (χ3v) is 16.2. The molecule has 2 nitrogen and oxygen atoms in total. The summed E-state index contributed by atoms with van der Waals surface area (Å²) in [7, 11) is -2.84. The molecule has 1 heterocycles. The first-order valence-corrected chi connectivity index (χ1v) is 20.1. The normalized spacial score (nSPS) is 14.4. The van der Waals surface area contributed by atoms with Gasteiger partial charge in [0.15, 0.2) is 13.8 Å². The van der Waals surface area contributed by atoms with E-state index < -0.39 is 8.07 Å². The molecule has 0 N–H and O–H groups in total. The summed E-state index contributed by atoms with van der Waals surface area (Å²) in [5.41, 5.74) is 8.46. The fraction of sp³-hybridized carbons (Fsp3) is 0.0612. The molecule has 2 aliphatic rings. The maximum atomic E-state index is 7.22. The standard InChI is InChI=1S/C49H37NOSi/c1-49(2)41-25-12-11-24-39(41)40-32-31-35(33-42(40)49)50(43-26-15-18-34-17-9-10-23-38(34)43)44-27-16-30-47-48(44)51-45-28-13-14-29-46(45)52(47,36-19-5-3-6-20-36)37-21-7-4-8-22-37/h3-33H,1-2H3. The topological polar surface area (TPSA) is 12.5 Å². The van der Waals surface area contributed by atoms with Gasteiger partial charge in [-0.2, -0.15) is 0 Å². The molecule has 3 heteroatoms. The van der Waals surface area contributed by atoms with Crippen LogP contribution in [-0.2, 0) is 5.41 Å². The molecule has 1 aliphatic heterocycles. The summed E-state index contributed by atoms with van der Waals surface area (Å²) in [5.74, 6) is 1.83. The summed E-state index contributed by atoms with van der Waals surface area (Å²) in [6, 6.07) is 69.0. The van der Waals surface area contributed by atoms with Crippen LogP contribution in [0.2, 0.25) is 0 Å². The van der Waals surface area contributed by atoms with Crippen molar-refractivity contribution in [2.45, 2.75) is 19.3 Å². The van der Waals surface area contributed by atoms with E-state index in [9.17, 15) is 0 Å². The van der Waals surface area contributed by atoms with Crippen molar-refractivity contribution < 1.29 is 4.74 Å².